The van der Waals surface area contributed by atoms with Crippen LogP contribution in [0.5, 0.6) is 0 Å². The standard InChI is InChI=1S/C31H39N3O4S/c1-7-17-32-31(36)26(6)33(20-27-10-8-9-23(3)18-27)30(35)21-34(28-14-13-24(4)25(5)19-28)39(37,38)29-15-11-22(2)12-16-29/h8-16,18-19,26H,7,17,20-21H2,1-6H3,(H,32,36). The molecule has 0 heterocycles. The van der Waals surface area contributed by atoms with Crippen LogP contribution < -0.4 is 9.62 Å². The summed E-state index contributed by atoms with van der Waals surface area (Å²) in [6.07, 6.45) is 0.764. The van der Waals surface area contributed by atoms with Crippen LogP contribution in [-0.2, 0) is 26.2 Å². The fourth-order valence-electron chi connectivity index (χ4n) is 4.23. The average Bonchev–Trinajstić information content (AvgIpc) is 2.90. The van der Waals surface area contributed by atoms with Gasteiger partial charge in [-0.25, -0.2) is 8.42 Å². The summed E-state index contributed by atoms with van der Waals surface area (Å²) in [5.74, 6) is -0.749. The van der Waals surface area contributed by atoms with E-state index in [0.717, 1.165) is 38.5 Å². The van der Waals surface area contributed by atoms with Gasteiger partial charge in [-0.15, -0.1) is 0 Å². The van der Waals surface area contributed by atoms with Crippen molar-refractivity contribution in [1.82, 2.24) is 10.2 Å². The molecule has 0 saturated heterocycles. The van der Waals surface area contributed by atoms with Crippen LogP contribution in [0.1, 0.15) is 48.1 Å². The van der Waals surface area contributed by atoms with Crippen molar-refractivity contribution in [2.75, 3.05) is 17.4 Å². The summed E-state index contributed by atoms with van der Waals surface area (Å²) in [5.41, 5.74) is 5.14. The number of anilines is 1. The zero-order valence-electron chi connectivity index (χ0n) is 23.7. The van der Waals surface area contributed by atoms with Gasteiger partial charge in [-0.1, -0.05) is 60.5 Å². The second kappa shape index (κ2) is 12.9. The van der Waals surface area contributed by atoms with Gasteiger partial charge in [-0.05, 0) is 82.0 Å². The van der Waals surface area contributed by atoms with Crippen LogP contribution in [0.25, 0.3) is 0 Å². The predicted molar refractivity (Wildman–Crippen MR) is 156 cm³/mol. The van der Waals surface area contributed by atoms with E-state index in [1.165, 1.54) is 4.90 Å². The number of carbonyl (C=O) groups is 2. The van der Waals surface area contributed by atoms with Crippen molar-refractivity contribution in [3.8, 4) is 0 Å². The van der Waals surface area contributed by atoms with Crippen LogP contribution in [0.4, 0.5) is 5.69 Å². The Labute approximate surface area is 232 Å². The van der Waals surface area contributed by atoms with Crippen LogP contribution in [0.3, 0.4) is 0 Å². The minimum atomic E-state index is -4.08. The molecule has 7 nitrogen and oxygen atoms in total. The van der Waals surface area contributed by atoms with Gasteiger partial charge in [0.05, 0.1) is 10.6 Å². The smallest absolute Gasteiger partial charge is 0.264 e. The first-order chi connectivity index (χ1) is 18.4. The minimum Gasteiger partial charge on any atom is -0.354 e. The van der Waals surface area contributed by atoms with Gasteiger partial charge in [-0.2, -0.15) is 0 Å². The lowest BCUT2D eigenvalue weighted by atomic mass is 10.1. The summed E-state index contributed by atoms with van der Waals surface area (Å²) in [6, 6.07) is 18.8. The number of hydrogen-bond acceptors (Lipinski definition) is 4. The van der Waals surface area contributed by atoms with Crippen molar-refractivity contribution in [1.29, 1.82) is 0 Å². The second-order valence-electron chi connectivity index (χ2n) is 10.1. The molecule has 3 aromatic carbocycles. The van der Waals surface area contributed by atoms with E-state index in [0.29, 0.717) is 12.2 Å². The maximum atomic E-state index is 14.0. The van der Waals surface area contributed by atoms with Gasteiger partial charge < -0.3 is 10.2 Å². The molecule has 0 saturated carbocycles. The fourth-order valence-corrected chi connectivity index (χ4v) is 5.64. The summed E-state index contributed by atoms with van der Waals surface area (Å²) in [4.78, 5) is 28.5. The largest absolute Gasteiger partial charge is 0.354 e. The third-order valence-corrected chi connectivity index (χ3v) is 8.61. The Balaban J connectivity index is 2.04. The molecule has 1 atom stereocenters. The highest BCUT2D eigenvalue weighted by atomic mass is 32.2. The van der Waals surface area contributed by atoms with E-state index in [1.807, 2.05) is 65.0 Å². The summed E-state index contributed by atoms with van der Waals surface area (Å²) in [6.45, 7) is 11.5. The number of benzene rings is 3. The van der Waals surface area contributed by atoms with E-state index < -0.39 is 28.5 Å². The highest BCUT2D eigenvalue weighted by Gasteiger charge is 2.32. The van der Waals surface area contributed by atoms with Gasteiger partial charge in [0.2, 0.25) is 11.8 Å². The summed E-state index contributed by atoms with van der Waals surface area (Å²) < 4.78 is 29.0. The highest BCUT2D eigenvalue weighted by molar-refractivity contribution is 7.92. The Morgan fingerprint density at radius 2 is 1.56 bits per heavy atom. The van der Waals surface area contributed by atoms with Crippen LogP contribution in [0.15, 0.2) is 71.6 Å². The van der Waals surface area contributed by atoms with Crippen molar-refractivity contribution in [3.05, 3.63) is 94.5 Å². The van der Waals surface area contributed by atoms with E-state index in [9.17, 15) is 18.0 Å². The third-order valence-electron chi connectivity index (χ3n) is 6.82. The van der Waals surface area contributed by atoms with Gasteiger partial charge in [0.15, 0.2) is 0 Å². The topological polar surface area (TPSA) is 86.8 Å². The lowest BCUT2D eigenvalue weighted by Gasteiger charge is -2.32. The van der Waals surface area contributed by atoms with Crippen LogP contribution in [0, 0.1) is 27.7 Å². The molecule has 8 heteroatoms. The normalized spacial score (nSPS) is 12.1. The molecule has 0 fully saturated rings. The lowest BCUT2D eigenvalue weighted by molar-refractivity contribution is -0.139. The Morgan fingerprint density at radius 3 is 2.18 bits per heavy atom. The van der Waals surface area contributed by atoms with Gasteiger partial charge >= 0.3 is 0 Å². The SMILES string of the molecule is CCCNC(=O)C(C)N(Cc1cccc(C)c1)C(=O)CN(c1ccc(C)c(C)c1)S(=O)(=O)c1ccc(C)cc1. The maximum Gasteiger partial charge on any atom is 0.264 e. The molecule has 0 bridgehead atoms. The third kappa shape index (κ3) is 7.47. The number of nitrogens with one attached hydrogen (secondary N) is 1. The molecule has 39 heavy (non-hydrogen) atoms. The van der Waals surface area contributed by atoms with E-state index in [2.05, 4.69) is 5.32 Å². The first-order valence-corrected chi connectivity index (χ1v) is 14.7. The number of carbonyl (C=O) groups excluding carboxylic acids is 2. The highest BCUT2D eigenvalue weighted by Crippen LogP contribution is 2.27. The molecule has 3 aromatic rings. The fraction of sp³-hybridized carbons (Fsp3) is 0.355. The first-order valence-electron chi connectivity index (χ1n) is 13.2. The molecule has 1 unspecified atom stereocenters. The van der Waals surface area contributed by atoms with Crippen molar-refractivity contribution >= 4 is 27.5 Å². The maximum absolute atomic E-state index is 14.0. The lowest BCUT2D eigenvalue weighted by Crippen LogP contribution is -2.51. The van der Waals surface area contributed by atoms with Crippen LogP contribution >= 0.6 is 0 Å². The van der Waals surface area contributed by atoms with Gasteiger partial charge in [0.25, 0.3) is 10.0 Å². The average molecular weight is 550 g/mol. The molecule has 0 aromatic heterocycles. The second-order valence-corrected chi connectivity index (χ2v) is 11.9. The van der Waals surface area contributed by atoms with E-state index >= 15 is 0 Å². The van der Waals surface area contributed by atoms with E-state index in [-0.39, 0.29) is 17.3 Å². The minimum absolute atomic E-state index is 0.0955. The predicted octanol–water partition coefficient (Wildman–Crippen LogP) is 5.06. The number of hydrogen-bond donors (Lipinski definition) is 1. The number of sulfonamides is 1. The molecule has 0 aliphatic rings. The molecule has 208 valence electrons. The number of amides is 2. The molecule has 3 rings (SSSR count). The summed E-state index contributed by atoms with van der Waals surface area (Å²) >= 11 is 0. The Morgan fingerprint density at radius 1 is 0.872 bits per heavy atom. The molecular weight excluding hydrogens is 510 g/mol. The summed E-state index contributed by atoms with van der Waals surface area (Å²) in [5, 5.41) is 2.86. The summed E-state index contributed by atoms with van der Waals surface area (Å²) in [7, 11) is -4.08. The Hall–Kier alpha value is -3.65. The number of aryl methyl sites for hydroxylation is 4. The van der Waals surface area contributed by atoms with Crippen LogP contribution in [0.2, 0.25) is 0 Å². The zero-order chi connectivity index (χ0) is 28.7. The molecule has 0 aliphatic heterocycles. The molecule has 0 spiro atoms. The van der Waals surface area contributed by atoms with Crippen molar-refractivity contribution in [2.45, 2.75) is 65.4 Å². The Kier molecular flexibility index (Phi) is 9.92. The van der Waals surface area contributed by atoms with Crippen molar-refractivity contribution in [2.24, 2.45) is 0 Å². The van der Waals surface area contributed by atoms with Crippen molar-refractivity contribution < 1.29 is 18.0 Å². The monoisotopic (exact) mass is 549 g/mol. The van der Waals surface area contributed by atoms with E-state index in [1.54, 1.807) is 43.3 Å². The first kappa shape index (κ1) is 29.9. The zero-order valence-corrected chi connectivity index (χ0v) is 24.5. The van der Waals surface area contributed by atoms with Crippen molar-refractivity contribution in [3.63, 3.8) is 0 Å². The van der Waals surface area contributed by atoms with Gasteiger partial charge in [0, 0.05) is 13.1 Å². The molecule has 0 aliphatic carbocycles. The Bertz CT molecular complexity index is 1420. The molecular formula is C31H39N3O4S. The number of nitrogens with zero attached hydrogens (tertiary/aromatic N) is 2. The number of rotatable bonds is 11. The molecule has 2 amide bonds. The molecule has 1 N–H and O–H groups in total. The van der Waals surface area contributed by atoms with E-state index in [4.69, 9.17) is 0 Å². The van der Waals surface area contributed by atoms with Crippen LogP contribution in [-0.4, -0.2) is 44.3 Å². The quantitative estimate of drug-likeness (QED) is 0.362. The molecule has 0 radical (unpaired) electrons. The van der Waals surface area contributed by atoms with Gasteiger partial charge in [-0.3, -0.25) is 13.9 Å². The van der Waals surface area contributed by atoms with Gasteiger partial charge in [0.1, 0.15) is 12.6 Å².